The van der Waals surface area contributed by atoms with Crippen molar-refractivity contribution in [1.82, 2.24) is 19.5 Å². The van der Waals surface area contributed by atoms with Crippen LogP contribution in [0.3, 0.4) is 0 Å². The topological polar surface area (TPSA) is 92.9 Å². The number of hydrogen-bond donors (Lipinski definition) is 2. The number of aliphatic hydroxyl groups excluding tert-OH is 1. The lowest BCUT2D eigenvalue weighted by molar-refractivity contribution is 0.103. The van der Waals surface area contributed by atoms with Crippen LogP contribution in [0.5, 0.6) is 0 Å². The van der Waals surface area contributed by atoms with E-state index in [0.717, 1.165) is 5.56 Å². The van der Waals surface area contributed by atoms with E-state index >= 15 is 0 Å². The van der Waals surface area contributed by atoms with E-state index in [4.69, 9.17) is 0 Å². The van der Waals surface area contributed by atoms with Crippen molar-refractivity contribution in [2.45, 2.75) is 13.3 Å². The van der Waals surface area contributed by atoms with Gasteiger partial charge in [0.1, 0.15) is 18.1 Å². The molecule has 4 aromatic rings. The Morgan fingerprint density at radius 2 is 2.15 bits per heavy atom. The molecule has 4 rings (SSSR count). The van der Waals surface area contributed by atoms with Crippen molar-refractivity contribution in [2.24, 2.45) is 0 Å². The number of carbonyl (C=O) groups excluding carboxylic acids is 1. The van der Waals surface area contributed by atoms with Gasteiger partial charge in [-0.1, -0.05) is 12.1 Å². The van der Waals surface area contributed by atoms with Crippen molar-refractivity contribution >= 4 is 34.1 Å². The molecule has 2 N–H and O–H groups in total. The van der Waals surface area contributed by atoms with E-state index in [1.54, 1.807) is 35.3 Å². The minimum atomic E-state index is -0.227. The molecule has 0 saturated carbocycles. The van der Waals surface area contributed by atoms with Crippen molar-refractivity contribution in [2.75, 3.05) is 5.32 Å². The molecule has 7 nitrogen and oxygen atoms in total. The van der Waals surface area contributed by atoms with Gasteiger partial charge in [-0.15, -0.1) is 11.3 Å². The highest BCUT2D eigenvalue weighted by Gasteiger charge is 2.19. The molecule has 0 aliphatic carbocycles. The molecule has 4 heterocycles. The summed E-state index contributed by atoms with van der Waals surface area (Å²) in [7, 11) is 0. The van der Waals surface area contributed by atoms with E-state index in [9.17, 15) is 9.90 Å². The lowest BCUT2D eigenvalue weighted by atomic mass is 10.2. The third-order valence-electron chi connectivity index (χ3n) is 3.90. The number of ketones is 1. The number of nitrogens with one attached hydrogen (secondary N) is 1. The molecule has 0 radical (unpaired) electrons. The Morgan fingerprint density at radius 1 is 1.23 bits per heavy atom. The Bertz CT molecular complexity index is 1040. The van der Waals surface area contributed by atoms with Crippen molar-refractivity contribution < 1.29 is 9.90 Å². The van der Waals surface area contributed by atoms with E-state index in [1.807, 2.05) is 23.6 Å². The largest absolute Gasteiger partial charge is 0.376 e. The quantitative estimate of drug-likeness (QED) is 0.510. The first-order valence-corrected chi connectivity index (χ1v) is 8.83. The predicted octanol–water partition coefficient (Wildman–Crippen LogP) is 2.68. The maximum Gasteiger partial charge on any atom is 0.225 e. The lowest BCUT2D eigenvalue weighted by Crippen LogP contribution is -2.10. The average Bonchev–Trinajstić information content (AvgIpc) is 3.35. The van der Waals surface area contributed by atoms with Crippen LogP contribution >= 0.6 is 11.3 Å². The van der Waals surface area contributed by atoms with Crippen LogP contribution in [-0.4, -0.2) is 30.4 Å². The summed E-state index contributed by atoms with van der Waals surface area (Å²) >= 11 is 1.37. The molecule has 0 aromatic carbocycles. The van der Waals surface area contributed by atoms with Crippen LogP contribution in [0.4, 0.5) is 5.95 Å². The standard InChI is InChI=1S/C18H15N5O2S/c24-11-23-7-5-13-15(16(25)14-4-2-8-26-14)21-18(22-17(13)23)20-10-12-3-1-6-19-9-12/h1-9,24H,10-11H2,(H,20,21,22). The summed E-state index contributed by atoms with van der Waals surface area (Å²) in [5.74, 6) is 0.169. The van der Waals surface area contributed by atoms with Crippen molar-refractivity contribution in [1.29, 1.82) is 0 Å². The number of aromatic nitrogens is 4. The van der Waals surface area contributed by atoms with Crippen LogP contribution in [0, 0.1) is 0 Å². The summed E-state index contributed by atoms with van der Waals surface area (Å²) in [6, 6.07) is 9.14. The molecule has 0 fully saturated rings. The van der Waals surface area contributed by atoms with Gasteiger partial charge in [-0.3, -0.25) is 9.78 Å². The highest BCUT2D eigenvalue weighted by atomic mass is 32.1. The van der Waals surface area contributed by atoms with Gasteiger partial charge in [0.25, 0.3) is 0 Å². The number of hydrogen-bond acceptors (Lipinski definition) is 7. The molecule has 0 aliphatic rings. The number of rotatable bonds is 6. The summed E-state index contributed by atoms with van der Waals surface area (Å²) in [6.07, 6.45) is 5.15. The lowest BCUT2D eigenvalue weighted by Gasteiger charge is -2.09. The minimum absolute atomic E-state index is 0.160. The van der Waals surface area contributed by atoms with E-state index in [1.165, 1.54) is 11.3 Å². The first-order chi connectivity index (χ1) is 12.8. The minimum Gasteiger partial charge on any atom is -0.376 e. The van der Waals surface area contributed by atoms with Crippen molar-refractivity contribution in [3.8, 4) is 0 Å². The summed E-state index contributed by atoms with van der Waals surface area (Å²) in [5, 5.41) is 15.1. The fourth-order valence-corrected chi connectivity index (χ4v) is 3.30. The summed E-state index contributed by atoms with van der Waals surface area (Å²) in [5.41, 5.74) is 1.80. The van der Waals surface area contributed by atoms with Gasteiger partial charge in [-0.2, -0.15) is 4.98 Å². The van der Waals surface area contributed by atoms with Gasteiger partial charge in [0, 0.05) is 30.5 Å². The number of nitrogens with zero attached hydrogens (tertiary/aromatic N) is 4. The Balaban J connectivity index is 1.74. The van der Waals surface area contributed by atoms with Gasteiger partial charge in [0.2, 0.25) is 11.7 Å². The van der Waals surface area contributed by atoms with Crippen LogP contribution < -0.4 is 5.32 Å². The SMILES string of the molecule is O=C(c1cccs1)c1nc(NCc2cccnc2)nc2c1ccn2CO. The fraction of sp³-hybridized carbons (Fsp3) is 0.111. The number of fused-ring (bicyclic) bond motifs is 1. The summed E-state index contributed by atoms with van der Waals surface area (Å²) in [6.45, 7) is 0.251. The molecule has 0 saturated heterocycles. The molecule has 26 heavy (non-hydrogen) atoms. The maximum absolute atomic E-state index is 12.9. The molecule has 0 unspecified atom stereocenters. The van der Waals surface area contributed by atoms with Gasteiger partial charge in [-0.05, 0) is 29.1 Å². The Morgan fingerprint density at radius 3 is 2.88 bits per heavy atom. The number of thiophene rings is 1. The zero-order valence-electron chi connectivity index (χ0n) is 13.7. The molecule has 0 aliphatic heterocycles. The van der Waals surface area contributed by atoms with Crippen LogP contribution in [0.25, 0.3) is 11.0 Å². The van der Waals surface area contributed by atoms with Crippen molar-refractivity contribution in [3.05, 3.63) is 70.4 Å². The van der Waals surface area contributed by atoms with Gasteiger partial charge >= 0.3 is 0 Å². The zero-order chi connectivity index (χ0) is 17.9. The molecule has 130 valence electrons. The van der Waals surface area contributed by atoms with Crippen LogP contribution in [0.15, 0.2) is 54.3 Å². The van der Waals surface area contributed by atoms with E-state index in [-0.39, 0.29) is 12.5 Å². The highest BCUT2D eigenvalue weighted by Crippen LogP contribution is 2.23. The average molecular weight is 365 g/mol. The van der Waals surface area contributed by atoms with Crippen LogP contribution in [-0.2, 0) is 13.3 Å². The highest BCUT2D eigenvalue weighted by molar-refractivity contribution is 7.12. The molecular formula is C18H15N5O2S. The predicted molar refractivity (Wildman–Crippen MR) is 99.1 cm³/mol. The molecule has 0 spiro atoms. The van der Waals surface area contributed by atoms with Crippen LogP contribution in [0.1, 0.15) is 20.9 Å². The molecule has 0 atom stereocenters. The third-order valence-corrected chi connectivity index (χ3v) is 4.77. The van der Waals surface area contributed by atoms with E-state index in [0.29, 0.717) is 34.1 Å². The Hall–Kier alpha value is -3.10. The second kappa shape index (κ2) is 7.03. The monoisotopic (exact) mass is 365 g/mol. The van der Waals surface area contributed by atoms with Gasteiger partial charge in [0.15, 0.2) is 0 Å². The summed E-state index contributed by atoms with van der Waals surface area (Å²) in [4.78, 5) is 26.4. The normalized spacial score (nSPS) is 11.0. The number of aliphatic hydroxyl groups is 1. The second-order valence-corrected chi connectivity index (χ2v) is 6.53. The molecule has 0 bridgehead atoms. The fourth-order valence-electron chi connectivity index (χ4n) is 2.64. The third kappa shape index (κ3) is 3.07. The second-order valence-electron chi connectivity index (χ2n) is 5.58. The summed E-state index contributed by atoms with van der Waals surface area (Å²) < 4.78 is 1.57. The van der Waals surface area contributed by atoms with Gasteiger partial charge < -0.3 is 15.0 Å². The molecule has 8 heteroatoms. The zero-order valence-corrected chi connectivity index (χ0v) is 14.5. The van der Waals surface area contributed by atoms with E-state index in [2.05, 4.69) is 20.3 Å². The smallest absolute Gasteiger partial charge is 0.225 e. The number of pyridine rings is 1. The Labute approximate surface area is 153 Å². The maximum atomic E-state index is 12.9. The van der Waals surface area contributed by atoms with Crippen LogP contribution in [0.2, 0.25) is 0 Å². The number of anilines is 1. The molecule has 4 aromatic heterocycles. The van der Waals surface area contributed by atoms with E-state index < -0.39 is 0 Å². The Kier molecular flexibility index (Phi) is 4.42. The molecule has 0 amide bonds. The van der Waals surface area contributed by atoms with Crippen molar-refractivity contribution in [3.63, 3.8) is 0 Å². The first-order valence-electron chi connectivity index (χ1n) is 7.95. The van der Waals surface area contributed by atoms with Gasteiger partial charge in [0.05, 0.1) is 4.88 Å². The first kappa shape index (κ1) is 16.4. The molecular weight excluding hydrogens is 350 g/mol. The van der Waals surface area contributed by atoms with Gasteiger partial charge in [-0.25, -0.2) is 4.98 Å². The number of carbonyl (C=O) groups is 1.